The van der Waals surface area contributed by atoms with Gasteiger partial charge in [-0.2, -0.15) is 0 Å². The average molecular weight is 336 g/mol. The third-order valence-corrected chi connectivity index (χ3v) is 5.28. The van der Waals surface area contributed by atoms with E-state index in [1.165, 1.54) is 12.8 Å². The SMILES string of the molecule is O=C(Nc1ccc(Cl)cc1)N[C@H]1C[C@H]2CO[C@@H](C3CC3)CN2C1. The van der Waals surface area contributed by atoms with Crippen molar-refractivity contribution in [3.8, 4) is 0 Å². The van der Waals surface area contributed by atoms with Crippen LogP contribution in [0.1, 0.15) is 19.3 Å². The Bertz CT molecular complexity index is 576. The van der Waals surface area contributed by atoms with Gasteiger partial charge in [-0.25, -0.2) is 4.79 Å². The molecule has 1 aromatic rings. The smallest absolute Gasteiger partial charge is 0.319 e. The van der Waals surface area contributed by atoms with E-state index in [4.69, 9.17) is 16.3 Å². The van der Waals surface area contributed by atoms with Crippen LogP contribution in [0.4, 0.5) is 10.5 Å². The quantitative estimate of drug-likeness (QED) is 0.893. The highest BCUT2D eigenvalue weighted by molar-refractivity contribution is 6.30. The van der Waals surface area contributed by atoms with Crippen LogP contribution in [0.5, 0.6) is 0 Å². The summed E-state index contributed by atoms with van der Waals surface area (Å²) in [6.45, 7) is 2.75. The Balaban J connectivity index is 1.28. The molecule has 2 heterocycles. The Labute approximate surface area is 141 Å². The van der Waals surface area contributed by atoms with Gasteiger partial charge in [-0.3, -0.25) is 4.90 Å². The standard InChI is InChI=1S/C17H22ClN3O2/c18-12-3-5-13(6-4-12)19-17(22)20-14-7-15-10-23-16(11-1-2-11)9-21(15)8-14/h3-6,11,14-16H,1-2,7-10H2,(H2,19,20,22)/t14-,15-,16+/m0/s1. The van der Waals surface area contributed by atoms with Gasteiger partial charge in [0.15, 0.2) is 0 Å². The van der Waals surface area contributed by atoms with Gasteiger partial charge in [0, 0.05) is 35.9 Å². The van der Waals surface area contributed by atoms with E-state index in [1.54, 1.807) is 24.3 Å². The lowest BCUT2D eigenvalue weighted by Crippen LogP contribution is -2.47. The first-order chi connectivity index (χ1) is 11.2. The number of amides is 2. The fourth-order valence-electron chi connectivity index (χ4n) is 3.64. The van der Waals surface area contributed by atoms with Crippen LogP contribution in [-0.4, -0.2) is 48.8 Å². The molecule has 0 bridgehead atoms. The normalized spacial score (nSPS) is 30.7. The molecule has 5 nitrogen and oxygen atoms in total. The average Bonchev–Trinajstić information content (AvgIpc) is 3.30. The van der Waals surface area contributed by atoms with Crippen molar-refractivity contribution in [1.82, 2.24) is 10.2 Å². The van der Waals surface area contributed by atoms with Crippen molar-refractivity contribution >= 4 is 23.3 Å². The van der Waals surface area contributed by atoms with Crippen LogP contribution in [-0.2, 0) is 4.74 Å². The number of halogens is 1. The van der Waals surface area contributed by atoms with E-state index in [1.807, 2.05) is 0 Å². The Morgan fingerprint density at radius 2 is 2.00 bits per heavy atom. The molecule has 4 rings (SSSR count). The second-order valence-corrected chi connectivity index (χ2v) is 7.29. The second kappa shape index (κ2) is 6.30. The fraction of sp³-hybridized carbons (Fsp3) is 0.588. The van der Waals surface area contributed by atoms with E-state index in [-0.39, 0.29) is 12.1 Å². The Morgan fingerprint density at radius 1 is 1.22 bits per heavy atom. The molecule has 3 fully saturated rings. The summed E-state index contributed by atoms with van der Waals surface area (Å²) in [6, 6.07) is 7.61. The molecule has 3 aliphatic rings. The Morgan fingerprint density at radius 3 is 2.74 bits per heavy atom. The second-order valence-electron chi connectivity index (χ2n) is 6.85. The van der Waals surface area contributed by atoms with E-state index >= 15 is 0 Å². The molecule has 0 unspecified atom stereocenters. The predicted octanol–water partition coefficient (Wildman–Crippen LogP) is 2.71. The van der Waals surface area contributed by atoms with E-state index in [0.717, 1.165) is 37.7 Å². The minimum absolute atomic E-state index is 0.156. The third-order valence-electron chi connectivity index (χ3n) is 5.03. The van der Waals surface area contributed by atoms with E-state index in [2.05, 4.69) is 15.5 Å². The van der Waals surface area contributed by atoms with Crippen LogP contribution in [0.15, 0.2) is 24.3 Å². The fourth-order valence-corrected chi connectivity index (χ4v) is 3.77. The lowest BCUT2D eigenvalue weighted by Gasteiger charge is -2.35. The molecule has 3 atom stereocenters. The zero-order chi connectivity index (χ0) is 15.8. The first-order valence-corrected chi connectivity index (χ1v) is 8.74. The zero-order valence-electron chi connectivity index (χ0n) is 13.0. The summed E-state index contributed by atoms with van der Waals surface area (Å²) in [6.07, 6.45) is 4.00. The number of hydrogen-bond acceptors (Lipinski definition) is 3. The number of rotatable bonds is 3. The summed E-state index contributed by atoms with van der Waals surface area (Å²) in [7, 11) is 0. The van der Waals surface area contributed by atoms with Gasteiger partial charge in [0.1, 0.15) is 0 Å². The van der Waals surface area contributed by atoms with Crippen molar-refractivity contribution < 1.29 is 9.53 Å². The molecule has 1 aliphatic carbocycles. The highest BCUT2D eigenvalue weighted by atomic mass is 35.5. The molecular weight excluding hydrogens is 314 g/mol. The van der Waals surface area contributed by atoms with Crippen LogP contribution in [0.2, 0.25) is 5.02 Å². The molecule has 2 aliphatic heterocycles. The van der Waals surface area contributed by atoms with Crippen molar-refractivity contribution in [1.29, 1.82) is 0 Å². The number of morpholine rings is 1. The van der Waals surface area contributed by atoms with E-state index in [0.29, 0.717) is 17.2 Å². The third kappa shape index (κ3) is 3.62. The number of nitrogens with one attached hydrogen (secondary N) is 2. The number of carbonyl (C=O) groups excluding carboxylic acids is 1. The van der Waals surface area contributed by atoms with Gasteiger partial charge in [-0.1, -0.05) is 11.6 Å². The van der Waals surface area contributed by atoms with Gasteiger partial charge in [0.05, 0.1) is 12.7 Å². The van der Waals surface area contributed by atoms with Gasteiger partial charge in [0.25, 0.3) is 0 Å². The topological polar surface area (TPSA) is 53.6 Å². The molecular formula is C17H22ClN3O2. The molecule has 2 amide bonds. The molecule has 2 saturated heterocycles. The molecule has 2 N–H and O–H groups in total. The molecule has 0 spiro atoms. The predicted molar refractivity (Wildman–Crippen MR) is 89.8 cm³/mol. The number of carbonyl (C=O) groups is 1. The van der Waals surface area contributed by atoms with E-state index < -0.39 is 0 Å². The lowest BCUT2D eigenvalue weighted by atomic mass is 10.1. The molecule has 124 valence electrons. The van der Waals surface area contributed by atoms with Crippen LogP contribution < -0.4 is 10.6 Å². The maximum absolute atomic E-state index is 12.1. The van der Waals surface area contributed by atoms with Gasteiger partial charge < -0.3 is 15.4 Å². The minimum atomic E-state index is -0.156. The van der Waals surface area contributed by atoms with E-state index in [9.17, 15) is 4.79 Å². The van der Waals surface area contributed by atoms with Crippen molar-refractivity contribution in [2.45, 2.75) is 37.5 Å². The number of fused-ring (bicyclic) bond motifs is 1. The number of hydrogen-bond donors (Lipinski definition) is 2. The molecule has 1 saturated carbocycles. The highest BCUT2D eigenvalue weighted by Crippen LogP contribution is 2.37. The highest BCUT2D eigenvalue weighted by Gasteiger charge is 2.42. The summed E-state index contributed by atoms with van der Waals surface area (Å²) >= 11 is 5.85. The maximum Gasteiger partial charge on any atom is 0.319 e. The summed E-state index contributed by atoms with van der Waals surface area (Å²) in [5, 5.41) is 6.59. The molecule has 1 aromatic carbocycles. The first kappa shape index (κ1) is 15.2. The van der Waals surface area contributed by atoms with Crippen LogP contribution in [0.25, 0.3) is 0 Å². The molecule has 0 radical (unpaired) electrons. The summed E-state index contributed by atoms with van der Waals surface area (Å²) in [5.41, 5.74) is 0.750. The number of ether oxygens (including phenoxy) is 1. The Hall–Kier alpha value is -1.30. The van der Waals surface area contributed by atoms with Gasteiger partial charge in [-0.15, -0.1) is 0 Å². The number of anilines is 1. The zero-order valence-corrected chi connectivity index (χ0v) is 13.8. The molecule has 0 aromatic heterocycles. The first-order valence-electron chi connectivity index (χ1n) is 8.36. The maximum atomic E-state index is 12.1. The molecule has 6 heteroatoms. The van der Waals surface area contributed by atoms with Crippen LogP contribution in [0, 0.1) is 5.92 Å². The van der Waals surface area contributed by atoms with Gasteiger partial charge >= 0.3 is 6.03 Å². The van der Waals surface area contributed by atoms with Crippen LogP contribution in [0.3, 0.4) is 0 Å². The monoisotopic (exact) mass is 335 g/mol. The van der Waals surface area contributed by atoms with Gasteiger partial charge in [-0.05, 0) is 49.4 Å². The van der Waals surface area contributed by atoms with Gasteiger partial charge in [0.2, 0.25) is 0 Å². The minimum Gasteiger partial charge on any atom is -0.375 e. The largest absolute Gasteiger partial charge is 0.375 e. The number of benzene rings is 1. The summed E-state index contributed by atoms with van der Waals surface area (Å²) in [5.74, 6) is 0.774. The summed E-state index contributed by atoms with van der Waals surface area (Å²) < 4.78 is 5.99. The number of nitrogens with zero attached hydrogens (tertiary/aromatic N) is 1. The molecule has 23 heavy (non-hydrogen) atoms. The van der Waals surface area contributed by atoms with Crippen molar-refractivity contribution in [3.63, 3.8) is 0 Å². The van der Waals surface area contributed by atoms with Crippen molar-refractivity contribution in [3.05, 3.63) is 29.3 Å². The summed E-state index contributed by atoms with van der Waals surface area (Å²) in [4.78, 5) is 14.6. The van der Waals surface area contributed by atoms with Crippen LogP contribution >= 0.6 is 11.6 Å². The Kier molecular flexibility index (Phi) is 4.18. The van der Waals surface area contributed by atoms with Crippen molar-refractivity contribution in [2.24, 2.45) is 5.92 Å². The van der Waals surface area contributed by atoms with Crippen molar-refractivity contribution in [2.75, 3.05) is 25.0 Å². The number of urea groups is 1. The lowest BCUT2D eigenvalue weighted by molar-refractivity contribution is -0.0581.